The number of ether oxygens (including phenoxy) is 1. The Morgan fingerprint density at radius 3 is 2.67 bits per heavy atom. The van der Waals surface area contributed by atoms with E-state index in [0.29, 0.717) is 17.3 Å². The SMILES string of the molecule is CCN(CC(C)(C)O)C(=O)C=Cc1cc(Cl)ccc1OC. The molecule has 0 radical (unpaired) electrons. The summed E-state index contributed by atoms with van der Waals surface area (Å²) in [5, 5.41) is 10.4. The van der Waals surface area contributed by atoms with Gasteiger partial charge in [-0.1, -0.05) is 11.6 Å². The minimum Gasteiger partial charge on any atom is -0.496 e. The molecule has 0 fully saturated rings. The minimum absolute atomic E-state index is 0.165. The average Bonchev–Trinajstić information content (AvgIpc) is 2.41. The highest BCUT2D eigenvalue weighted by atomic mass is 35.5. The van der Waals surface area contributed by atoms with E-state index < -0.39 is 5.60 Å². The van der Waals surface area contributed by atoms with E-state index in [9.17, 15) is 9.90 Å². The Morgan fingerprint density at radius 1 is 1.48 bits per heavy atom. The van der Waals surface area contributed by atoms with E-state index in [0.717, 1.165) is 5.56 Å². The topological polar surface area (TPSA) is 49.8 Å². The van der Waals surface area contributed by atoms with Gasteiger partial charge in [-0.25, -0.2) is 0 Å². The Kier molecular flexibility index (Phi) is 6.24. The highest BCUT2D eigenvalue weighted by Crippen LogP contribution is 2.23. The number of nitrogens with zero attached hydrogens (tertiary/aromatic N) is 1. The van der Waals surface area contributed by atoms with Crippen LogP contribution in [-0.2, 0) is 4.79 Å². The molecular formula is C16H22ClNO3. The van der Waals surface area contributed by atoms with E-state index in [2.05, 4.69) is 0 Å². The third kappa shape index (κ3) is 5.78. The van der Waals surface area contributed by atoms with Crippen molar-refractivity contribution < 1.29 is 14.6 Å². The zero-order valence-corrected chi connectivity index (χ0v) is 13.6. The Balaban J connectivity index is 2.88. The number of carbonyl (C=O) groups is 1. The Morgan fingerprint density at radius 2 is 2.14 bits per heavy atom. The van der Waals surface area contributed by atoms with E-state index in [4.69, 9.17) is 16.3 Å². The Hall–Kier alpha value is -1.52. The van der Waals surface area contributed by atoms with Crippen LogP contribution in [0.3, 0.4) is 0 Å². The second-order valence-corrected chi connectivity index (χ2v) is 5.82. The predicted octanol–water partition coefficient (Wildman–Crippen LogP) is 2.98. The lowest BCUT2D eigenvalue weighted by molar-refractivity contribution is -0.128. The summed E-state index contributed by atoms with van der Waals surface area (Å²) in [6, 6.07) is 5.21. The molecule has 1 amide bonds. The normalized spacial score (nSPS) is 11.7. The zero-order valence-electron chi connectivity index (χ0n) is 12.9. The van der Waals surface area contributed by atoms with Crippen molar-refractivity contribution in [2.24, 2.45) is 0 Å². The molecule has 1 aromatic carbocycles. The fourth-order valence-electron chi connectivity index (χ4n) is 1.91. The van der Waals surface area contributed by atoms with Crippen LogP contribution in [0, 0.1) is 0 Å². The molecule has 0 unspecified atom stereocenters. The number of benzene rings is 1. The molecule has 0 spiro atoms. The van der Waals surface area contributed by atoms with Crippen LogP contribution in [0.5, 0.6) is 5.75 Å². The average molecular weight is 312 g/mol. The van der Waals surface area contributed by atoms with Gasteiger partial charge in [0.05, 0.1) is 12.7 Å². The van der Waals surface area contributed by atoms with Gasteiger partial charge < -0.3 is 14.7 Å². The first-order chi connectivity index (χ1) is 9.76. The molecule has 0 heterocycles. The first-order valence-corrected chi connectivity index (χ1v) is 7.17. The molecule has 116 valence electrons. The number of likely N-dealkylation sites (N-methyl/N-ethyl adjacent to an activating group) is 1. The van der Waals surface area contributed by atoms with Gasteiger partial charge in [-0.15, -0.1) is 0 Å². The van der Waals surface area contributed by atoms with Crippen LogP contribution in [0.2, 0.25) is 5.02 Å². The van der Waals surface area contributed by atoms with Crippen molar-refractivity contribution in [3.05, 3.63) is 34.9 Å². The van der Waals surface area contributed by atoms with Gasteiger partial charge in [0.25, 0.3) is 0 Å². The van der Waals surface area contributed by atoms with Crippen LogP contribution in [0.1, 0.15) is 26.3 Å². The minimum atomic E-state index is -0.923. The van der Waals surface area contributed by atoms with Gasteiger partial charge in [0.2, 0.25) is 5.91 Å². The van der Waals surface area contributed by atoms with Crippen LogP contribution < -0.4 is 4.74 Å². The summed E-state index contributed by atoms with van der Waals surface area (Å²) in [6.45, 7) is 6.02. The van der Waals surface area contributed by atoms with Crippen LogP contribution in [0.15, 0.2) is 24.3 Å². The molecule has 0 atom stereocenters. The third-order valence-electron chi connectivity index (χ3n) is 2.87. The highest BCUT2D eigenvalue weighted by molar-refractivity contribution is 6.30. The van der Waals surface area contributed by atoms with Crippen LogP contribution in [0.25, 0.3) is 6.08 Å². The second kappa shape index (κ2) is 7.48. The first kappa shape index (κ1) is 17.5. The molecule has 0 aromatic heterocycles. The van der Waals surface area contributed by atoms with E-state index in [1.165, 1.54) is 6.08 Å². The quantitative estimate of drug-likeness (QED) is 0.822. The molecule has 0 saturated heterocycles. The molecule has 0 saturated carbocycles. The number of carbonyl (C=O) groups excluding carboxylic acids is 1. The lowest BCUT2D eigenvalue weighted by Crippen LogP contribution is -2.41. The number of amides is 1. The monoisotopic (exact) mass is 311 g/mol. The summed E-state index contributed by atoms with van der Waals surface area (Å²) in [5.74, 6) is 0.482. The maximum absolute atomic E-state index is 12.2. The lowest BCUT2D eigenvalue weighted by atomic mass is 10.1. The summed E-state index contributed by atoms with van der Waals surface area (Å²) in [4.78, 5) is 13.7. The fraction of sp³-hybridized carbons (Fsp3) is 0.438. The predicted molar refractivity (Wildman–Crippen MR) is 85.6 cm³/mol. The summed E-state index contributed by atoms with van der Waals surface area (Å²) in [7, 11) is 1.56. The van der Waals surface area contributed by atoms with E-state index in [1.54, 1.807) is 50.1 Å². The number of methoxy groups -OCH3 is 1. The van der Waals surface area contributed by atoms with Gasteiger partial charge in [0, 0.05) is 29.8 Å². The van der Waals surface area contributed by atoms with Gasteiger partial charge in [0.1, 0.15) is 5.75 Å². The number of rotatable bonds is 6. The summed E-state index contributed by atoms with van der Waals surface area (Å²) in [5.41, 5.74) is -0.189. The van der Waals surface area contributed by atoms with Crippen molar-refractivity contribution in [1.82, 2.24) is 4.90 Å². The molecule has 1 aromatic rings. The van der Waals surface area contributed by atoms with Crippen molar-refractivity contribution in [2.45, 2.75) is 26.4 Å². The van der Waals surface area contributed by atoms with Gasteiger partial charge in [-0.2, -0.15) is 0 Å². The first-order valence-electron chi connectivity index (χ1n) is 6.79. The number of aliphatic hydroxyl groups is 1. The molecule has 1 N–H and O–H groups in total. The van der Waals surface area contributed by atoms with Crippen molar-refractivity contribution in [3.63, 3.8) is 0 Å². The van der Waals surface area contributed by atoms with Crippen molar-refractivity contribution in [1.29, 1.82) is 0 Å². The zero-order chi connectivity index (χ0) is 16.0. The lowest BCUT2D eigenvalue weighted by Gasteiger charge is -2.27. The number of halogens is 1. The van der Waals surface area contributed by atoms with Crippen LogP contribution in [-0.4, -0.2) is 41.7 Å². The molecule has 0 bridgehead atoms. The largest absolute Gasteiger partial charge is 0.496 e. The maximum Gasteiger partial charge on any atom is 0.246 e. The number of hydrogen-bond acceptors (Lipinski definition) is 3. The smallest absolute Gasteiger partial charge is 0.246 e. The Bertz CT molecular complexity index is 521. The molecular weight excluding hydrogens is 290 g/mol. The fourth-order valence-corrected chi connectivity index (χ4v) is 2.10. The van der Waals surface area contributed by atoms with E-state index >= 15 is 0 Å². The van der Waals surface area contributed by atoms with Crippen LogP contribution in [0.4, 0.5) is 0 Å². The number of hydrogen-bond donors (Lipinski definition) is 1. The van der Waals surface area contributed by atoms with Crippen LogP contribution >= 0.6 is 11.6 Å². The molecule has 0 aliphatic rings. The highest BCUT2D eigenvalue weighted by Gasteiger charge is 2.19. The summed E-state index contributed by atoms with van der Waals surface area (Å²) in [6.07, 6.45) is 3.13. The molecule has 0 aliphatic carbocycles. The third-order valence-corrected chi connectivity index (χ3v) is 3.10. The second-order valence-electron chi connectivity index (χ2n) is 5.38. The molecule has 1 rings (SSSR count). The van der Waals surface area contributed by atoms with Gasteiger partial charge >= 0.3 is 0 Å². The molecule has 4 nitrogen and oxygen atoms in total. The van der Waals surface area contributed by atoms with Gasteiger partial charge in [-0.05, 0) is 45.0 Å². The van der Waals surface area contributed by atoms with Crippen molar-refractivity contribution in [3.8, 4) is 5.75 Å². The molecule has 21 heavy (non-hydrogen) atoms. The summed E-state index contributed by atoms with van der Waals surface area (Å²) >= 11 is 5.95. The van der Waals surface area contributed by atoms with Gasteiger partial charge in [-0.3, -0.25) is 4.79 Å². The van der Waals surface area contributed by atoms with E-state index in [1.807, 2.05) is 6.92 Å². The van der Waals surface area contributed by atoms with Crippen molar-refractivity contribution >= 4 is 23.6 Å². The molecule has 5 heteroatoms. The van der Waals surface area contributed by atoms with Gasteiger partial charge in [0.15, 0.2) is 0 Å². The standard InChI is InChI=1S/C16H22ClNO3/c1-5-18(11-16(2,3)20)15(19)9-6-12-10-13(17)7-8-14(12)21-4/h6-10,20H,5,11H2,1-4H3. The summed E-state index contributed by atoms with van der Waals surface area (Å²) < 4.78 is 5.23. The van der Waals surface area contributed by atoms with E-state index in [-0.39, 0.29) is 12.5 Å². The van der Waals surface area contributed by atoms with Crippen molar-refractivity contribution in [2.75, 3.05) is 20.2 Å². The molecule has 0 aliphatic heterocycles. The Labute approximate surface area is 131 Å². The maximum atomic E-state index is 12.2.